The number of methoxy groups -OCH3 is 3. The second-order valence-electron chi connectivity index (χ2n) is 8.12. The highest BCUT2D eigenvalue weighted by Crippen LogP contribution is 2.50. The van der Waals surface area contributed by atoms with Crippen molar-refractivity contribution in [3.63, 3.8) is 0 Å². The van der Waals surface area contributed by atoms with Gasteiger partial charge in [-0.1, -0.05) is 17.7 Å². The lowest BCUT2D eigenvalue weighted by molar-refractivity contribution is -0.126. The molecule has 2 fully saturated rings. The smallest absolute Gasteiger partial charge is 0.266 e. The molecule has 0 aliphatic carbocycles. The van der Waals surface area contributed by atoms with Crippen LogP contribution in [0.5, 0.6) is 17.2 Å². The van der Waals surface area contributed by atoms with Gasteiger partial charge in [0.15, 0.2) is 6.10 Å². The zero-order chi connectivity index (χ0) is 24.7. The number of fused-ring (bicyclic) bond motifs is 1. The van der Waals surface area contributed by atoms with Crippen molar-refractivity contribution in [2.24, 2.45) is 5.92 Å². The van der Waals surface area contributed by atoms with Crippen molar-refractivity contribution in [1.29, 1.82) is 0 Å². The number of hydrogen-bond donors (Lipinski definition) is 0. The molecule has 2 aliphatic heterocycles. The van der Waals surface area contributed by atoms with E-state index in [1.165, 1.54) is 12.0 Å². The van der Waals surface area contributed by atoms with E-state index in [1.54, 1.807) is 79.9 Å². The van der Waals surface area contributed by atoms with Crippen molar-refractivity contribution in [2.45, 2.75) is 12.1 Å². The number of anilines is 2. The molecule has 3 aromatic rings. The van der Waals surface area contributed by atoms with E-state index >= 15 is 0 Å². The first-order valence-corrected chi connectivity index (χ1v) is 11.3. The van der Waals surface area contributed by atoms with Crippen LogP contribution >= 0.6 is 11.6 Å². The molecule has 3 atom stereocenters. The summed E-state index contributed by atoms with van der Waals surface area (Å²) in [4.78, 5) is 34.7. The van der Waals surface area contributed by atoms with Gasteiger partial charge in [-0.25, -0.2) is 9.96 Å². The molecule has 0 spiro atoms. The maximum atomic E-state index is 13.8. The third kappa shape index (κ3) is 3.84. The summed E-state index contributed by atoms with van der Waals surface area (Å²) in [5.41, 5.74) is 1.76. The average molecular weight is 495 g/mol. The fraction of sp³-hybridized carbons (Fsp3) is 0.231. The molecular weight excluding hydrogens is 472 g/mol. The van der Waals surface area contributed by atoms with Crippen LogP contribution in [0.3, 0.4) is 0 Å². The Labute approximate surface area is 207 Å². The molecule has 0 N–H and O–H groups in total. The number of carbonyl (C=O) groups is 2. The van der Waals surface area contributed by atoms with E-state index in [-0.39, 0.29) is 5.91 Å². The second-order valence-corrected chi connectivity index (χ2v) is 8.56. The second kappa shape index (κ2) is 9.13. The molecule has 0 radical (unpaired) electrons. The lowest BCUT2D eigenvalue weighted by Gasteiger charge is -2.29. The van der Waals surface area contributed by atoms with Gasteiger partial charge in [0.1, 0.15) is 23.2 Å². The number of halogens is 1. The number of nitrogens with zero attached hydrogens (tertiary/aromatic N) is 2. The van der Waals surface area contributed by atoms with Gasteiger partial charge >= 0.3 is 0 Å². The molecular formula is C26H23ClN2O6. The van der Waals surface area contributed by atoms with Crippen LogP contribution in [0, 0.1) is 5.92 Å². The van der Waals surface area contributed by atoms with Crippen molar-refractivity contribution in [3.05, 3.63) is 77.3 Å². The Morgan fingerprint density at radius 3 is 2.20 bits per heavy atom. The van der Waals surface area contributed by atoms with E-state index in [4.69, 9.17) is 30.6 Å². The molecule has 5 rings (SSSR count). The molecule has 0 unspecified atom stereocenters. The number of imide groups is 1. The number of hydrogen-bond acceptors (Lipinski definition) is 7. The fourth-order valence-corrected chi connectivity index (χ4v) is 4.74. The highest BCUT2D eigenvalue weighted by atomic mass is 35.5. The van der Waals surface area contributed by atoms with Gasteiger partial charge in [0.05, 0.1) is 38.7 Å². The first kappa shape index (κ1) is 23.0. The van der Waals surface area contributed by atoms with E-state index in [0.29, 0.717) is 39.2 Å². The summed E-state index contributed by atoms with van der Waals surface area (Å²) in [5.74, 6) is 0.0299. The third-order valence-electron chi connectivity index (χ3n) is 6.27. The molecule has 0 aromatic heterocycles. The lowest BCUT2D eigenvalue weighted by atomic mass is 9.90. The monoisotopic (exact) mass is 494 g/mol. The summed E-state index contributed by atoms with van der Waals surface area (Å²) in [5, 5.41) is 2.15. The molecule has 2 aliphatic rings. The van der Waals surface area contributed by atoms with E-state index in [2.05, 4.69) is 0 Å². The van der Waals surface area contributed by atoms with Crippen LogP contribution in [0.2, 0.25) is 5.02 Å². The minimum Gasteiger partial charge on any atom is -0.497 e. The van der Waals surface area contributed by atoms with Crippen molar-refractivity contribution < 1.29 is 28.6 Å². The van der Waals surface area contributed by atoms with Gasteiger partial charge in [-0.05, 0) is 48.5 Å². The Balaban J connectivity index is 1.61. The first-order valence-electron chi connectivity index (χ1n) is 10.9. The quantitative estimate of drug-likeness (QED) is 0.469. The molecule has 8 nitrogen and oxygen atoms in total. The summed E-state index contributed by atoms with van der Waals surface area (Å²) < 4.78 is 16.3. The van der Waals surface area contributed by atoms with Crippen LogP contribution in [0.15, 0.2) is 66.7 Å². The predicted molar refractivity (Wildman–Crippen MR) is 130 cm³/mol. The maximum Gasteiger partial charge on any atom is 0.266 e. The van der Waals surface area contributed by atoms with Crippen molar-refractivity contribution in [1.82, 2.24) is 0 Å². The molecule has 2 amide bonds. The van der Waals surface area contributed by atoms with Gasteiger partial charge in [-0.3, -0.25) is 14.4 Å². The zero-order valence-electron chi connectivity index (χ0n) is 19.3. The van der Waals surface area contributed by atoms with Crippen molar-refractivity contribution in [3.8, 4) is 17.2 Å². The number of rotatable bonds is 6. The molecule has 9 heteroatoms. The van der Waals surface area contributed by atoms with Gasteiger partial charge in [0.25, 0.3) is 5.91 Å². The summed E-state index contributed by atoms with van der Waals surface area (Å²) in [6.45, 7) is 0. The van der Waals surface area contributed by atoms with Crippen molar-refractivity contribution in [2.75, 3.05) is 31.3 Å². The van der Waals surface area contributed by atoms with Crippen LogP contribution < -0.4 is 24.2 Å². The highest BCUT2D eigenvalue weighted by Gasteiger charge is 2.60. The van der Waals surface area contributed by atoms with Crippen molar-refractivity contribution >= 4 is 34.8 Å². The fourth-order valence-electron chi connectivity index (χ4n) is 4.61. The number of hydroxylamine groups is 1. The number of amides is 2. The Hall–Kier alpha value is -3.75. The van der Waals surface area contributed by atoms with E-state index in [9.17, 15) is 9.59 Å². The van der Waals surface area contributed by atoms with E-state index < -0.39 is 24.0 Å². The molecule has 2 heterocycles. The number of carbonyl (C=O) groups excluding carboxylic acids is 2. The van der Waals surface area contributed by atoms with Crippen LogP contribution in [0.1, 0.15) is 11.6 Å². The third-order valence-corrected chi connectivity index (χ3v) is 6.52. The Morgan fingerprint density at radius 2 is 1.51 bits per heavy atom. The molecule has 3 aromatic carbocycles. The molecule has 180 valence electrons. The summed E-state index contributed by atoms with van der Waals surface area (Å²) in [6, 6.07) is 18.5. The average Bonchev–Trinajstić information content (AvgIpc) is 3.39. The van der Waals surface area contributed by atoms with Gasteiger partial charge < -0.3 is 14.2 Å². The largest absolute Gasteiger partial charge is 0.497 e. The lowest BCUT2D eigenvalue weighted by Crippen LogP contribution is -2.37. The summed E-state index contributed by atoms with van der Waals surface area (Å²) >= 11 is 6.09. The Bertz CT molecular complexity index is 1280. The topological polar surface area (TPSA) is 77.5 Å². The molecule has 0 saturated carbocycles. The Morgan fingerprint density at radius 1 is 0.800 bits per heavy atom. The van der Waals surface area contributed by atoms with Gasteiger partial charge in [0.2, 0.25) is 5.91 Å². The summed E-state index contributed by atoms with van der Waals surface area (Å²) in [7, 11) is 4.64. The zero-order valence-corrected chi connectivity index (χ0v) is 20.1. The van der Waals surface area contributed by atoms with Gasteiger partial charge in [-0.2, -0.15) is 0 Å². The number of ether oxygens (including phenoxy) is 3. The minimum atomic E-state index is -1.01. The highest BCUT2D eigenvalue weighted by molar-refractivity contribution is 6.30. The predicted octanol–water partition coefficient (Wildman–Crippen LogP) is 4.42. The summed E-state index contributed by atoms with van der Waals surface area (Å²) in [6.07, 6.45) is -1.01. The maximum absolute atomic E-state index is 13.8. The normalized spacial score (nSPS) is 21.3. The van der Waals surface area contributed by atoms with Crippen LogP contribution in [-0.4, -0.2) is 39.2 Å². The van der Waals surface area contributed by atoms with E-state index in [1.807, 2.05) is 6.07 Å². The molecule has 2 saturated heterocycles. The van der Waals surface area contributed by atoms with Crippen LogP contribution in [0.4, 0.5) is 11.4 Å². The van der Waals surface area contributed by atoms with E-state index in [0.717, 1.165) is 0 Å². The van der Waals surface area contributed by atoms with Gasteiger partial charge in [0, 0.05) is 22.7 Å². The minimum absolute atomic E-state index is 0.368. The standard InChI is InChI=1S/C26H23ClN2O6/c1-32-18-6-4-5-17(13-18)28-25(30)22-23(20-12-11-19(33-2)14-21(20)34-3)29(35-24(22)26(28)31)16-9-7-15(27)8-10-16/h4-14,22-24H,1-3H3/t22-,23-,24-/m0/s1. The first-order chi connectivity index (χ1) is 17.0. The SMILES string of the molecule is COc1cccc(N2C(=O)[C@@H]3[C@H](ON(c4ccc(Cl)cc4)[C@H]3c3ccc(OC)cc3OC)C2=O)c1. The number of benzene rings is 3. The Kier molecular flexibility index (Phi) is 6.00. The molecule has 0 bridgehead atoms. The van der Waals surface area contributed by atoms with Crippen LogP contribution in [0.25, 0.3) is 0 Å². The van der Waals surface area contributed by atoms with Gasteiger partial charge in [-0.15, -0.1) is 0 Å². The molecule has 35 heavy (non-hydrogen) atoms. The van der Waals surface area contributed by atoms with Crippen LogP contribution in [-0.2, 0) is 14.4 Å².